The first-order valence-corrected chi connectivity index (χ1v) is 6.62. The number of aromatic nitrogens is 2. The second-order valence-corrected chi connectivity index (χ2v) is 5.22. The second-order valence-electron chi connectivity index (χ2n) is 5.22. The SMILES string of the molecule is CC(C)CC1C(=O)NCC(=O)N1CCn1cccn1. The van der Waals surface area contributed by atoms with Crippen molar-refractivity contribution in [1.29, 1.82) is 0 Å². The highest BCUT2D eigenvalue weighted by Gasteiger charge is 2.34. The van der Waals surface area contributed by atoms with Gasteiger partial charge in [-0.05, 0) is 18.4 Å². The molecule has 19 heavy (non-hydrogen) atoms. The van der Waals surface area contributed by atoms with E-state index in [1.165, 1.54) is 0 Å². The molecule has 0 saturated carbocycles. The summed E-state index contributed by atoms with van der Waals surface area (Å²) in [7, 11) is 0. The largest absolute Gasteiger partial charge is 0.345 e. The van der Waals surface area contributed by atoms with Crippen molar-refractivity contribution in [2.75, 3.05) is 13.1 Å². The monoisotopic (exact) mass is 264 g/mol. The first kappa shape index (κ1) is 13.6. The van der Waals surface area contributed by atoms with Gasteiger partial charge in [-0.2, -0.15) is 5.10 Å². The Labute approximate surface area is 112 Å². The summed E-state index contributed by atoms with van der Waals surface area (Å²) in [5.41, 5.74) is 0. The fraction of sp³-hybridized carbons (Fsp3) is 0.615. The van der Waals surface area contributed by atoms with E-state index in [1.54, 1.807) is 15.8 Å². The summed E-state index contributed by atoms with van der Waals surface area (Å²) in [4.78, 5) is 25.6. The number of rotatable bonds is 5. The van der Waals surface area contributed by atoms with E-state index in [9.17, 15) is 9.59 Å². The number of carbonyl (C=O) groups is 2. The van der Waals surface area contributed by atoms with E-state index in [1.807, 2.05) is 12.3 Å². The van der Waals surface area contributed by atoms with Gasteiger partial charge in [-0.3, -0.25) is 14.3 Å². The maximum Gasteiger partial charge on any atom is 0.243 e. The summed E-state index contributed by atoms with van der Waals surface area (Å²) < 4.78 is 1.77. The zero-order chi connectivity index (χ0) is 13.8. The van der Waals surface area contributed by atoms with E-state index >= 15 is 0 Å². The lowest BCUT2D eigenvalue weighted by Crippen LogP contribution is -2.59. The van der Waals surface area contributed by atoms with Crippen LogP contribution in [0.5, 0.6) is 0 Å². The Morgan fingerprint density at radius 1 is 1.42 bits per heavy atom. The number of amides is 2. The van der Waals surface area contributed by atoms with Crippen LogP contribution in [-0.4, -0.2) is 45.6 Å². The Morgan fingerprint density at radius 3 is 2.84 bits per heavy atom. The van der Waals surface area contributed by atoms with Gasteiger partial charge in [-0.25, -0.2) is 0 Å². The van der Waals surface area contributed by atoms with Crippen LogP contribution >= 0.6 is 0 Å². The maximum atomic E-state index is 12.0. The summed E-state index contributed by atoms with van der Waals surface area (Å²) in [5, 5.41) is 6.77. The smallest absolute Gasteiger partial charge is 0.243 e. The van der Waals surface area contributed by atoms with Crippen molar-refractivity contribution in [2.24, 2.45) is 5.92 Å². The topological polar surface area (TPSA) is 67.2 Å². The quantitative estimate of drug-likeness (QED) is 0.829. The molecule has 1 unspecified atom stereocenters. The van der Waals surface area contributed by atoms with Crippen LogP contribution in [-0.2, 0) is 16.1 Å². The Bertz CT molecular complexity index is 442. The van der Waals surface area contributed by atoms with Gasteiger partial charge in [-0.1, -0.05) is 13.8 Å². The Kier molecular flexibility index (Phi) is 4.19. The molecule has 2 heterocycles. The molecule has 2 rings (SSSR count). The molecule has 6 heteroatoms. The lowest BCUT2D eigenvalue weighted by molar-refractivity contribution is -0.146. The molecule has 1 aromatic rings. The summed E-state index contributed by atoms with van der Waals surface area (Å²) in [5.74, 6) is 0.306. The minimum atomic E-state index is -0.350. The van der Waals surface area contributed by atoms with Crippen LogP contribution in [0.15, 0.2) is 18.5 Å². The molecule has 0 aromatic carbocycles. The Morgan fingerprint density at radius 2 is 2.21 bits per heavy atom. The van der Waals surface area contributed by atoms with Crippen LogP contribution in [0.1, 0.15) is 20.3 Å². The molecular weight excluding hydrogens is 244 g/mol. The normalized spacial score (nSPS) is 19.9. The van der Waals surface area contributed by atoms with Gasteiger partial charge >= 0.3 is 0 Å². The first-order chi connectivity index (χ1) is 9.08. The number of nitrogens with zero attached hydrogens (tertiary/aromatic N) is 3. The maximum absolute atomic E-state index is 12.0. The van der Waals surface area contributed by atoms with E-state index in [2.05, 4.69) is 24.3 Å². The van der Waals surface area contributed by atoms with Crippen molar-refractivity contribution in [3.05, 3.63) is 18.5 Å². The third kappa shape index (κ3) is 3.33. The highest BCUT2D eigenvalue weighted by atomic mass is 16.2. The standard InChI is InChI=1S/C13H20N4O2/c1-10(2)8-11-13(19)14-9-12(18)17(11)7-6-16-5-3-4-15-16/h3-5,10-11H,6-9H2,1-2H3,(H,14,19). The number of carbonyl (C=O) groups excluding carboxylic acids is 2. The van der Waals surface area contributed by atoms with Gasteiger partial charge in [0.25, 0.3) is 0 Å². The minimum Gasteiger partial charge on any atom is -0.345 e. The van der Waals surface area contributed by atoms with E-state index in [4.69, 9.17) is 0 Å². The highest BCUT2D eigenvalue weighted by molar-refractivity contribution is 5.94. The molecule has 104 valence electrons. The number of hydrogen-bond acceptors (Lipinski definition) is 3. The van der Waals surface area contributed by atoms with Crippen LogP contribution in [0.4, 0.5) is 0 Å². The zero-order valence-corrected chi connectivity index (χ0v) is 11.4. The molecule has 1 saturated heterocycles. The van der Waals surface area contributed by atoms with E-state index in [-0.39, 0.29) is 24.4 Å². The molecule has 0 bridgehead atoms. The van der Waals surface area contributed by atoms with Gasteiger partial charge in [0.05, 0.1) is 13.1 Å². The molecular formula is C13H20N4O2. The molecule has 1 atom stereocenters. The molecule has 0 spiro atoms. The van der Waals surface area contributed by atoms with Crippen LogP contribution < -0.4 is 5.32 Å². The molecule has 6 nitrogen and oxygen atoms in total. The average Bonchev–Trinajstić information content (AvgIpc) is 2.86. The van der Waals surface area contributed by atoms with Gasteiger partial charge in [0.2, 0.25) is 11.8 Å². The van der Waals surface area contributed by atoms with Crippen LogP contribution in [0.25, 0.3) is 0 Å². The third-order valence-electron chi connectivity index (χ3n) is 3.24. The van der Waals surface area contributed by atoms with Crippen LogP contribution in [0.2, 0.25) is 0 Å². The highest BCUT2D eigenvalue weighted by Crippen LogP contribution is 2.15. The summed E-state index contributed by atoms with van der Waals surface area (Å²) >= 11 is 0. The van der Waals surface area contributed by atoms with Crippen molar-refractivity contribution in [3.63, 3.8) is 0 Å². The first-order valence-electron chi connectivity index (χ1n) is 6.62. The fourth-order valence-corrected chi connectivity index (χ4v) is 2.30. The molecule has 2 amide bonds. The van der Waals surface area contributed by atoms with E-state index in [0.717, 1.165) is 0 Å². The Balaban J connectivity index is 2.03. The molecule has 1 aromatic heterocycles. The number of hydrogen-bond donors (Lipinski definition) is 1. The Hall–Kier alpha value is -1.85. The molecule has 0 radical (unpaired) electrons. The second kappa shape index (κ2) is 5.86. The van der Waals surface area contributed by atoms with Crippen molar-refractivity contribution < 1.29 is 9.59 Å². The van der Waals surface area contributed by atoms with Gasteiger partial charge < -0.3 is 10.2 Å². The summed E-state index contributed by atoms with van der Waals surface area (Å²) in [6.45, 7) is 5.34. The molecule has 1 N–H and O–H groups in total. The van der Waals surface area contributed by atoms with Crippen molar-refractivity contribution in [1.82, 2.24) is 20.0 Å². The predicted molar refractivity (Wildman–Crippen MR) is 70.2 cm³/mol. The van der Waals surface area contributed by atoms with Crippen LogP contribution in [0.3, 0.4) is 0 Å². The lowest BCUT2D eigenvalue weighted by atomic mass is 10.00. The fourth-order valence-electron chi connectivity index (χ4n) is 2.30. The van der Waals surface area contributed by atoms with Crippen LogP contribution in [0, 0.1) is 5.92 Å². The van der Waals surface area contributed by atoms with Gasteiger partial charge in [0.1, 0.15) is 6.04 Å². The van der Waals surface area contributed by atoms with Crippen molar-refractivity contribution in [3.8, 4) is 0 Å². The lowest BCUT2D eigenvalue weighted by Gasteiger charge is -2.35. The molecule has 1 aliphatic rings. The van der Waals surface area contributed by atoms with E-state index < -0.39 is 0 Å². The molecule has 1 fully saturated rings. The van der Waals surface area contributed by atoms with Crippen molar-refractivity contribution in [2.45, 2.75) is 32.9 Å². The van der Waals surface area contributed by atoms with Crippen molar-refractivity contribution >= 4 is 11.8 Å². The van der Waals surface area contributed by atoms with Gasteiger partial charge in [0.15, 0.2) is 0 Å². The van der Waals surface area contributed by atoms with Gasteiger partial charge in [0, 0.05) is 18.9 Å². The summed E-state index contributed by atoms with van der Waals surface area (Å²) in [6.07, 6.45) is 4.25. The number of nitrogens with one attached hydrogen (secondary N) is 1. The average molecular weight is 264 g/mol. The molecule has 0 aliphatic carbocycles. The van der Waals surface area contributed by atoms with Gasteiger partial charge in [-0.15, -0.1) is 0 Å². The molecule has 1 aliphatic heterocycles. The minimum absolute atomic E-state index is 0.0163. The number of piperazine rings is 1. The zero-order valence-electron chi connectivity index (χ0n) is 11.4. The third-order valence-corrected chi connectivity index (χ3v) is 3.24. The van der Waals surface area contributed by atoms with E-state index in [0.29, 0.717) is 25.4 Å². The predicted octanol–water partition coefficient (Wildman–Crippen LogP) is 0.256. The summed E-state index contributed by atoms with van der Waals surface area (Å²) in [6, 6.07) is 1.49.